The molecule has 3 aliphatic heterocycles. The first-order valence-electron chi connectivity index (χ1n) is 31.1. The van der Waals surface area contributed by atoms with E-state index in [0.29, 0.717) is 19.3 Å². The van der Waals surface area contributed by atoms with Crippen LogP contribution in [0.3, 0.4) is 0 Å². The highest BCUT2D eigenvalue weighted by Gasteiger charge is 2.53. The number of aliphatic hydroxyl groups is 11. The number of ether oxygens (including phenoxy) is 6. The number of rotatable bonds is 44. The van der Waals surface area contributed by atoms with Crippen LogP contribution in [-0.2, 0) is 33.2 Å². The second-order valence-corrected chi connectivity index (χ2v) is 21.8. The van der Waals surface area contributed by atoms with E-state index in [2.05, 4.69) is 104 Å². The van der Waals surface area contributed by atoms with Gasteiger partial charge in [-0.2, -0.15) is 0 Å². The van der Waals surface area contributed by atoms with Gasteiger partial charge in [-0.1, -0.05) is 181 Å². The highest BCUT2D eigenvalue weighted by atomic mass is 16.8. The molecule has 0 bridgehead atoms. The molecular formula is C65H107NO18. The second-order valence-electron chi connectivity index (χ2n) is 21.8. The lowest BCUT2D eigenvalue weighted by Crippen LogP contribution is -2.66. The molecule has 0 radical (unpaired) electrons. The fourth-order valence-corrected chi connectivity index (χ4v) is 9.71. The molecular weight excluding hydrogens is 1080 g/mol. The fraction of sp³-hybridized carbons (Fsp3) is 0.708. The first-order chi connectivity index (χ1) is 40.8. The van der Waals surface area contributed by atoms with Crippen molar-refractivity contribution in [2.45, 2.75) is 266 Å². The van der Waals surface area contributed by atoms with Crippen LogP contribution in [0.2, 0.25) is 0 Å². The Balaban J connectivity index is 1.54. The average molecular weight is 1190 g/mol. The molecule has 17 atom stereocenters. The van der Waals surface area contributed by atoms with Crippen LogP contribution in [0.1, 0.15) is 162 Å². The summed E-state index contributed by atoms with van der Waals surface area (Å²) in [6.07, 6.45) is 33.7. The van der Waals surface area contributed by atoms with Gasteiger partial charge in [0.05, 0.1) is 38.6 Å². The molecule has 0 aromatic rings. The van der Waals surface area contributed by atoms with Crippen LogP contribution < -0.4 is 5.32 Å². The fourth-order valence-electron chi connectivity index (χ4n) is 9.71. The van der Waals surface area contributed by atoms with Crippen molar-refractivity contribution in [3.05, 3.63) is 109 Å². The summed E-state index contributed by atoms with van der Waals surface area (Å²) in [5, 5.41) is 120. The second kappa shape index (κ2) is 46.6. The van der Waals surface area contributed by atoms with Crippen molar-refractivity contribution in [2.24, 2.45) is 0 Å². The molecule has 1 amide bonds. The van der Waals surface area contributed by atoms with Gasteiger partial charge in [-0.05, 0) is 83.5 Å². The summed E-state index contributed by atoms with van der Waals surface area (Å²) in [5.41, 5.74) is 0. The van der Waals surface area contributed by atoms with Crippen molar-refractivity contribution in [1.82, 2.24) is 5.32 Å². The molecule has 0 aliphatic carbocycles. The number of nitrogens with one attached hydrogen (secondary N) is 1. The third-order valence-corrected chi connectivity index (χ3v) is 14.8. The summed E-state index contributed by atoms with van der Waals surface area (Å²) in [4.78, 5) is 13.3. The predicted molar refractivity (Wildman–Crippen MR) is 323 cm³/mol. The molecule has 3 heterocycles. The Labute approximate surface area is 500 Å². The third kappa shape index (κ3) is 29.4. The van der Waals surface area contributed by atoms with Crippen molar-refractivity contribution >= 4 is 5.91 Å². The highest BCUT2D eigenvalue weighted by Crippen LogP contribution is 2.33. The number of hydrogen-bond donors (Lipinski definition) is 12. The summed E-state index contributed by atoms with van der Waals surface area (Å²) in [5.74, 6) is -0.377. The van der Waals surface area contributed by atoms with Gasteiger partial charge in [-0.15, -0.1) is 0 Å². The Bertz CT molecular complexity index is 1950. The maximum absolute atomic E-state index is 13.3. The first kappa shape index (κ1) is 74.7. The van der Waals surface area contributed by atoms with Gasteiger partial charge in [0.25, 0.3) is 0 Å². The van der Waals surface area contributed by atoms with E-state index in [-0.39, 0.29) is 12.3 Å². The molecule has 0 aromatic heterocycles. The zero-order valence-electron chi connectivity index (χ0n) is 50.1. The molecule has 3 rings (SSSR count). The molecule has 3 saturated heterocycles. The van der Waals surface area contributed by atoms with Gasteiger partial charge >= 0.3 is 0 Å². The van der Waals surface area contributed by atoms with Crippen molar-refractivity contribution in [3.8, 4) is 0 Å². The van der Waals surface area contributed by atoms with E-state index >= 15 is 0 Å². The van der Waals surface area contributed by atoms with E-state index in [1.54, 1.807) is 12.2 Å². The van der Waals surface area contributed by atoms with Gasteiger partial charge in [0, 0.05) is 6.42 Å². The number of hydrogen-bond acceptors (Lipinski definition) is 18. The molecule has 0 saturated carbocycles. The van der Waals surface area contributed by atoms with Crippen LogP contribution in [0.15, 0.2) is 109 Å². The number of carbonyl (C=O) groups excluding carboxylic acids is 1. The van der Waals surface area contributed by atoms with Gasteiger partial charge < -0.3 is 89.9 Å². The van der Waals surface area contributed by atoms with E-state index in [1.165, 1.54) is 64.2 Å². The first-order valence-corrected chi connectivity index (χ1v) is 31.1. The Morgan fingerprint density at radius 1 is 0.440 bits per heavy atom. The Morgan fingerprint density at radius 2 is 0.833 bits per heavy atom. The molecule has 84 heavy (non-hydrogen) atoms. The molecule has 17 unspecified atom stereocenters. The Morgan fingerprint density at radius 3 is 1.32 bits per heavy atom. The van der Waals surface area contributed by atoms with Crippen LogP contribution in [0.25, 0.3) is 0 Å². The van der Waals surface area contributed by atoms with Gasteiger partial charge in [0.15, 0.2) is 18.9 Å². The number of carbonyl (C=O) groups is 1. The minimum absolute atomic E-state index is 0.100. The monoisotopic (exact) mass is 1190 g/mol. The van der Waals surface area contributed by atoms with Gasteiger partial charge in [0.1, 0.15) is 73.2 Å². The minimum Gasteiger partial charge on any atom is -0.394 e. The lowest BCUT2D eigenvalue weighted by atomic mass is 9.96. The summed E-state index contributed by atoms with van der Waals surface area (Å²) in [7, 11) is 0. The maximum Gasteiger partial charge on any atom is 0.220 e. The van der Waals surface area contributed by atoms with Crippen LogP contribution in [0, 0.1) is 0 Å². The van der Waals surface area contributed by atoms with Crippen molar-refractivity contribution < 1.29 is 89.4 Å². The molecule has 0 spiro atoms. The molecule has 19 heteroatoms. The van der Waals surface area contributed by atoms with Crippen molar-refractivity contribution in [1.29, 1.82) is 0 Å². The summed E-state index contributed by atoms with van der Waals surface area (Å²) in [6, 6.07) is -1.04. The topological polar surface area (TPSA) is 307 Å². The average Bonchev–Trinajstić information content (AvgIpc) is 2.79. The van der Waals surface area contributed by atoms with Gasteiger partial charge in [-0.3, -0.25) is 4.79 Å². The van der Waals surface area contributed by atoms with E-state index in [1.807, 2.05) is 12.2 Å². The molecule has 0 aromatic carbocycles. The predicted octanol–water partition coefficient (Wildman–Crippen LogP) is 6.31. The minimum atomic E-state index is -1.99. The van der Waals surface area contributed by atoms with Crippen molar-refractivity contribution in [3.63, 3.8) is 0 Å². The number of allylic oxidation sites excluding steroid dienone is 17. The highest BCUT2D eigenvalue weighted by molar-refractivity contribution is 5.76. The lowest BCUT2D eigenvalue weighted by Gasteiger charge is -2.48. The number of amides is 1. The van der Waals surface area contributed by atoms with E-state index in [0.717, 1.165) is 57.8 Å². The quantitative estimate of drug-likeness (QED) is 0.0235. The molecule has 12 N–H and O–H groups in total. The number of aliphatic hydroxyl groups excluding tert-OH is 11. The zero-order chi connectivity index (χ0) is 61.2. The van der Waals surface area contributed by atoms with Gasteiger partial charge in [0.2, 0.25) is 5.91 Å². The van der Waals surface area contributed by atoms with Crippen LogP contribution in [0.5, 0.6) is 0 Å². The smallest absolute Gasteiger partial charge is 0.220 e. The van der Waals surface area contributed by atoms with E-state index in [9.17, 15) is 61.0 Å². The summed E-state index contributed by atoms with van der Waals surface area (Å²) in [6.45, 7) is 1.50. The van der Waals surface area contributed by atoms with Crippen LogP contribution >= 0.6 is 0 Å². The Kier molecular flexibility index (Phi) is 41.4. The molecule has 480 valence electrons. The SMILES string of the molecule is CC/C=C\C/C=C\C/C=C\C/C=C\C/C=C\C/C=C\CCC(=O)NC(COC1OC(CO)C(OC2OC(CO)C(OC3OC(CO)C(O)C(O)C3O)C(O)C2O)C(O)C1O)C(O)/C=C/CC/C=C/CC/C=C/CCCCCCCCCCCC. The largest absolute Gasteiger partial charge is 0.394 e. The standard InChI is InChI=1S/C65H107NO18/c1-3-5-7-9-11-13-15-17-19-21-23-25-26-28-30-32-34-36-38-40-42-49(70)48(66-53(71)43-41-39-37-35-33-31-29-27-24-22-20-18-16-14-12-10-8-6-4-2)47-79-63-59(77)56(74)61(51(45-68)81-63)84-65-60(78)57(75)62(52(46-69)82-65)83-64-58(76)55(73)54(72)50(44-67)80-64/h6,8,12,14,18,20,24-27,31-34,37,39-40,42,48-52,54-65,67-70,72-78H,3-5,7,9-11,13,15-17,19,21-23,28-30,35-36,38,41,43-47H2,1-2H3,(H,66,71)/b8-6-,14-12-,20-18-,26-25+,27-24-,33-31-,34-32+,39-37-,42-40+. The molecule has 3 aliphatic rings. The Hall–Kier alpha value is -3.55. The lowest BCUT2D eigenvalue weighted by molar-refractivity contribution is -0.379. The zero-order valence-corrected chi connectivity index (χ0v) is 50.1. The van der Waals surface area contributed by atoms with Crippen molar-refractivity contribution in [2.75, 3.05) is 26.4 Å². The van der Waals surface area contributed by atoms with Gasteiger partial charge in [-0.25, -0.2) is 0 Å². The molecule has 19 nitrogen and oxygen atoms in total. The van der Waals surface area contributed by atoms with Crippen LogP contribution in [0.4, 0.5) is 0 Å². The van der Waals surface area contributed by atoms with E-state index < -0.39 is 131 Å². The van der Waals surface area contributed by atoms with E-state index in [4.69, 9.17) is 28.4 Å². The third-order valence-electron chi connectivity index (χ3n) is 14.8. The summed E-state index contributed by atoms with van der Waals surface area (Å²) < 4.78 is 34.2. The normalized spacial score (nSPS) is 29.9. The van der Waals surface area contributed by atoms with Crippen LogP contribution in [-0.4, -0.2) is 193 Å². The molecule has 3 fully saturated rings. The summed E-state index contributed by atoms with van der Waals surface area (Å²) >= 11 is 0. The maximum atomic E-state index is 13.3. The number of unbranched alkanes of at least 4 members (excludes halogenated alkanes) is 12.